The molecule has 0 aromatic heterocycles. The van der Waals surface area contributed by atoms with Crippen LogP contribution in [0.15, 0.2) is 24.3 Å². The molecular formula is C11H12F3NO2. The summed E-state index contributed by atoms with van der Waals surface area (Å²) in [5.74, 6) is -0.549. The molecule has 0 radical (unpaired) electrons. The van der Waals surface area contributed by atoms with Crippen LogP contribution in [0.4, 0.5) is 13.2 Å². The maximum Gasteiger partial charge on any atom is 0.416 e. The normalized spacial score (nSPS) is 13.2. The first-order valence-electron chi connectivity index (χ1n) is 4.82. The molecule has 0 saturated carbocycles. The summed E-state index contributed by atoms with van der Waals surface area (Å²) in [7, 11) is 2.75. The van der Waals surface area contributed by atoms with Crippen LogP contribution in [-0.4, -0.2) is 20.1 Å². The molecule has 1 aromatic rings. The molecule has 1 N–H and O–H groups in total. The van der Waals surface area contributed by atoms with Gasteiger partial charge in [-0.15, -0.1) is 0 Å². The molecule has 0 spiro atoms. The third-order valence-electron chi connectivity index (χ3n) is 2.30. The quantitative estimate of drug-likeness (QED) is 0.831. The molecule has 0 bridgehead atoms. The summed E-state index contributed by atoms with van der Waals surface area (Å²) in [6.07, 6.45) is -4.38. The highest BCUT2D eigenvalue weighted by Gasteiger charge is 2.30. The Morgan fingerprint density at radius 3 is 2.18 bits per heavy atom. The zero-order valence-electron chi connectivity index (χ0n) is 9.34. The summed E-state index contributed by atoms with van der Waals surface area (Å²) >= 11 is 0. The molecule has 0 amide bonds. The average molecular weight is 247 g/mol. The molecule has 0 saturated heterocycles. The van der Waals surface area contributed by atoms with E-state index in [1.165, 1.54) is 26.3 Å². The fraction of sp³-hybridized carbons (Fsp3) is 0.364. The third kappa shape index (κ3) is 3.20. The van der Waals surface area contributed by atoms with Gasteiger partial charge in [-0.2, -0.15) is 13.2 Å². The van der Waals surface area contributed by atoms with Gasteiger partial charge in [0.15, 0.2) is 0 Å². The molecule has 0 fully saturated rings. The van der Waals surface area contributed by atoms with Gasteiger partial charge in [-0.1, -0.05) is 12.1 Å². The van der Waals surface area contributed by atoms with E-state index in [4.69, 9.17) is 0 Å². The number of benzene rings is 1. The van der Waals surface area contributed by atoms with Crippen molar-refractivity contribution in [3.8, 4) is 0 Å². The second-order valence-electron chi connectivity index (χ2n) is 3.36. The Morgan fingerprint density at radius 1 is 1.29 bits per heavy atom. The largest absolute Gasteiger partial charge is 0.468 e. The van der Waals surface area contributed by atoms with Gasteiger partial charge in [0.2, 0.25) is 0 Å². The van der Waals surface area contributed by atoms with Gasteiger partial charge >= 0.3 is 12.1 Å². The van der Waals surface area contributed by atoms with Crippen LogP contribution < -0.4 is 5.32 Å². The van der Waals surface area contributed by atoms with Crippen molar-refractivity contribution in [1.29, 1.82) is 0 Å². The van der Waals surface area contributed by atoms with Crippen LogP contribution in [0.1, 0.15) is 17.2 Å². The number of hydrogen-bond donors (Lipinski definition) is 1. The van der Waals surface area contributed by atoms with Gasteiger partial charge in [0.25, 0.3) is 0 Å². The average Bonchev–Trinajstić information content (AvgIpc) is 2.29. The second-order valence-corrected chi connectivity index (χ2v) is 3.36. The van der Waals surface area contributed by atoms with Crippen molar-refractivity contribution in [2.45, 2.75) is 12.2 Å². The maximum absolute atomic E-state index is 12.3. The lowest BCUT2D eigenvalue weighted by Gasteiger charge is -2.14. The molecule has 1 unspecified atom stereocenters. The Morgan fingerprint density at radius 2 is 1.82 bits per heavy atom. The molecule has 1 atom stereocenters. The number of rotatable bonds is 3. The van der Waals surface area contributed by atoms with Gasteiger partial charge in [-0.3, -0.25) is 0 Å². The molecule has 0 aliphatic heterocycles. The van der Waals surface area contributed by atoms with E-state index in [2.05, 4.69) is 10.1 Å². The molecule has 17 heavy (non-hydrogen) atoms. The summed E-state index contributed by atoms with van der Waals surface area (Å²) in [4.78, 5) is 11.3. The Labute approximate surface area is 96.6 Å². The number of carbonyl (C=O) groups is 1. The fourth-order valence-electron chi connectivity index (χ4n) is 1.40. The molecule has 1 aromatic carbocycles. The zero-order valence-corrected chi connectivity index (χ0v) is 9.34. The van der Waals surface area contributed by atoms with E-state index >= 15 is 0 Å². The van der Waals surface area contributed by atoms with Crippen molar-refractivity contribution >= 4 is 5.97 Å². The van der Waals surface area contributed by atoms with Crippen LogP contribution in [-0.2, 0) is 15.7 Å². The Balaban J connectivity index is 2.97. The van der Waals surface area contributed by atoms with E-state index in [-0.39, 0.29) is 0 Å². The predicted octanol–water partition coefficient (Wildman–Crippen LogP) is 2.14. The zero-order chi connectivity index (χ0) is 13.1. The van der Waals surface area contributed by atoms with Crippen molar-refractivity contribution in [3.63, 3.8) is 0 Å². The van der Waals surface area contributed by atoms with E-state index in [1.54, 1.807) is 0 Å². The minimum absolute atomic E-state index is 0.423. The highest BCUT2D eigenvalue weighted by atomic mass is 19.4. The van der Waals surface area contributed by atoms with Gasteiger partial charge in [0.05, 0.1) is 12.7 Å². The number of methoxy groups -OCH3 is 1. The number of esters is 1. The van der Waals surface area contributed by atoms with E-state index < -0.39 is 23.8 Å². The maximum atomic E-state index is 12.3. The number of carbonyl (C=O) groups excluding carboxylic acids is 1. The van der Waals surface area contributed by atoms with Crippen molar-refractivity contribution in [3.05, 3.63) is 35.4 Å². The van der Waals surface area contributed by atoms with Crippen molar-refractivity contribution in [1.82, 2.24) is 5.32 Å². The summed E-state index contributed by atoms with van der Waals surface area (Å²) in [6, 6.07) is 3.61. The summed E-state index contributed by atoms with van der Waals surface area (Å²) in [5.41, 5.74) is -0.326. The standard InChI is InChI=1S/C11H12F3NO2/c1-15-9(10(16)17-2)7-3-5-8(6-4-7)11(12,13)14/h3-6,9,15H,1-2H3. The molecule has 1 rings (SSSR count). The minimum atomic E-state index is -4.38. The van der Waals surface area contributed by atoms with Crippen LogP contribution in [0.25, 0.3) is 0 Å². The SMILES string of the molecule is CNC(C(=O)OC)c1ccc(C(F)(F)F)cc1. The molecule has 0 aliphatic carbocycles. The number of nitrogens with one attached hydrogen (secondary N) is 1. The topological polar surface area (TPSA) is 38.3 Å². The smallest absolute Gasteiger partial charge is 0.416 e. The highest BCUT2D eigenvalue weighted by molar-refractivity contribution is 5.77. The van der Waals surface area contributed by atoms with Crippen molar-refractivity contribution < 1.29 is 22.7 Å². The first kappa shape index (κ1) is 13.5. The van der Waals surface area contributed by atoms with Crippen molar-refractivity contribution in [2.24, 2.45) is 0 Å². The lowest BCUT2D eigenvalue weighted by atomic mass is 10.0. The number of likely N-dealkylation sites (N-methyl/N-ethyl adjacent to an activating group) is 1. The van der Waals surface area contributed by atoms with Gasteiger partial charge in [-0.05, 0) is 24.7 Å². The Bertz CT molecular complexity index is 387. The second kappa shape index (κ2) is 5.18. The van der Waals surface area contributed by atoms with Crippen LogP contribution in [0.2, 0.25) is 0 Å². The van der Waals surface area contributed by atoms with Gasteiger partial charge in [-0.25, -0.2) is 4.79 Å². The Hall–Kier alpha value is -1.56. The number of hydrogen-bond acceptors (Lipinski definition) is 3. The number of alkyl halides is 3. The lowest BCUT2D eigenvalue weighted by Crippen LogP contribution is -2.26. The first-order chi connectivity index (χ1) is 7.90. The summed E-state index contributed by atoms with van der Waals surface area (Å²) in [6.45, 7) is 0. The molecule has 94 valence electrons. The fourth-order valence-corrected chi connectivity index (χ4v) is 1.40. The van der Waals surface area contributed by atoms with Gasteiger partial charge in [0, 0.05) is 0 Å². The first-order valence-corrected chi connectivity index (χ1v) is 4.82. The predicted molar refractivity (Wildman–Crippen MR) is 55.3 cm³/mol. The van der Waals surface area contributed by atoms with Gasteiger partial charge < -0.3 is 10.1 Å². The van der Waals surface area contributed by atoms with Crippen molar-refractivity contribution in [2.75, 3.05) is 14.2 Å². The minimum Gasteiger partial charge on any atom is -0.468 e. The van der Waals surface area contributed by atoms with Crippen LogP contribution in [0, 0.1) is 0 Å². The molecular weight excluding hydrogens is 235 g/mol. The van der Waals surface area contributed by atoms with Crippen LogP contribution in [0.5, 0.6) is 0 Å². The van der Waals surface area contributed by atoms with E-state index in [9.17, 15) is 18.0 Å². The van der Waals surface area contributed by atoms with E-state index in [0.29, 0.717) is 5.56 Å². The van der Waals surface area contributed by atoms with Crippen LogP contribution in [0.3, 0.4) is 0 Å². The molecule has 6 heteroatoms. The van der Waals surface area contributed by atoms with E-state index in [0.717, 1.165) is 12.1 Å². The Kier molecular flexibility index (Phi) is 4.11. The van der Waals surface area contributed by atoms with Gasteiger partial charge in [0.1, 0.15) is 6.04 Å². The molecule has 3 nitrogen and oxygen atoms in total. The number of halogens is 3. The monoisotopic (exact) mass is 247 g/mol. The highest BCUT2D eigenvalue weighted by Crippen LogP contribution is 2.29. The third-order valence-corrected chi connectivity index (χ3v) is 2.30. The summed E-state index contributed by atoms with van der Waals surface area (Å²) in [5, 5.41) is 2.67. The van der Waals surface area contributed by atoms with Crippen LogP contribution >= 0.6 is 0 Å². The lowest BCUT2D eigenvalue weighted by molar-refractivity contribution is -0.143. The molecule has 0 aliphatic rings. The summed E-state index contributed by atoms with van der Waals surface area (Å²) < 4.78 is 41.5. The molecule has 0 heterocycles. The number of ether oxygens (including phenoxy) is 1. The van der Waals surface area contributed by atoms with E-state index in [1.807, 2.05) is 0 Å².